The van der Waals surface area contributed by atoms with E-state index in [1.165, 1.54) is 35.3 Å². The Morgan fingerprint density at radius 2 is 1.82 bits per heavy atom. The van der Waals surface area contributed by atoms with Gasteiger partial charge in [0.25, 0.3) is 5.56 Å². The molecule has 11 heteroatoms. The number of halogens is 4. The average Bonchev–Trinajstić information content (AvgIpc) is 3.13. The van der Waals surface area contributed by atoms with E-state index in [4.69, 9.17) is 16.3 Å². The van der Waals surface area contributed by atoms with Crippen LogP contribution in [0.4, 0.5) is 13.2 Å². The number of fused-ring (bicyclic) bond motifs is 1. The largest absolute Gasteiger partial charge is 0.430 e. The zero-order valence-corrected chi connectivity index (χ0v) is 19.4. The fourth-order valence-electron chi connectivity index (χ4n) is 4.02. The Hall–Kier alpha value is -3.27. The van der Waals surface area contributed by atoms with Gasteiger partial charge in [0.1, 0.15) is 5.76 Å². The van der Waals surface area contributed by atoms with Crippen molar-refractivity contribution in [3.63, 3.8) is 0 Å². The molecule has 0 spiro atoms. The van der Waals surface area contributed by atoms with Crippen LogP contribution in [0.1, 0.15) is 19.4 Å². The molecule has 2 atom stereocenters. The number of alkyl halides is 3. The van der Waals surface area contributed by atoms with Crippen LogP contribution < -0.4 is 16.0 Å². The molecule has 2 unspecified atom stereocenters. The summed E-state index contributed by atoms with van der Waals surface area (Å²) in [7, 11) is 1.48. The number of ether oxygens (including phenoxy) is 1. The van der Waals surface area contributed by atoms with Crippen molar-refractivity contribution in [1.82, 2.24) is 18.7 Å². The number of hydrogen-bond donors (Lipinski definition) is 0. The molecule has 0 bridgehead atoms. The highest BCUT2D eigenvalue weighted by molar-refractivity contribution is 6.30. The summed E-state index contributed by atoms with van der Waals surface area (Å²) in [5, 5.41) is 0.526. The van der Waals surface area contributed by atoms with Gasteiger partial charge < -0.3 is 4.74 Å². The number of nitrogens with zero attached hydrogens (tertiary/aromatic N) is 4. The van der Waals surface area contributed by atoms with Gasteiger partial charge in [-0.05, 0) is 30.7 Å². The van der Waals surface area contributed by atoms with Crippen molar-refractivity contribution in [1.29, 1.82) is 0 Å². The number of aryl methyl sites for hydroxylation is 1. The second-order valence-corrected chi connectivity index (χ2v) is 8.52. The molecule has 3 aromatic rings. The van der Waals surface area contributed by atoms with Crippen LogP contribution in [0.25, 0.3) is 11.2 Å². The molecular weight excluding hydrogens is 473 g/mol. The minimum Gasteiger partial charge on any atom is -0.430 e. The second-order valence-electron chi connectivity index (χ2n) is 8.08. The molecule has 0 aliphatic heterocycles. The van der Waals surface area contributed by atoms with Crippen LogP contribution in [0.15, 0.2) is 57.8 Å². The molecule has 180 valence electrons. The van der Waals surface area contributed by atoms with Gasteiger partial charge in [-0.25, -0.2) is 4.79 Å². The van der Waals surface area contributed by atoms with Gasteiger partial charge in [0.2, 0.25) is 0 Å². The Morgan fingerprint density at radius 1 is 1.15 bits per heavy atom. The van der Waals surface area contributed by atoms with Gasteiger partial charge in [-0.3, -0.25) is 18.5 Å². The van der Waals surface area contributed by atoms with E-state index in [0.717, 1.165) is 16.2 Å². The fraction of sp³-hybridized carbons (Fsp3) is 0.348. The highest BCUT2D eigenvalue weighted by atomic mass is 35.5. The summed E-state index contributed by atoms with van der Waals surface area (Å²) in [6.45, 7) is 3.36. The van der Waals surface area contributed by atoms with Crippen LogP contribution in [0.5, 0.6) is 6.01 Å². The number of aromatic nitrogens is 4. The molecule has 2 heterocycles. The van der Waals surface area contributed by atoms with E-state index in [1.54, 1.807) is 31.2 Å². The van der Waals surface area contributed by atoms with E-state index >= 15 is 0 Å². The van der Waals surface area contributed by atoms with E-state index in [1.807, 2.05) is 0 Å². The highest BCUT2D eigenvalue weighted by Crippen LogP contribution is 2.39. The predicted octanol–water partition coefficient (Wildman–Crippen LogP) is 4.27. The van der Waals surface area contributed by atoms with Crippen molar-refractivity contribution in [2.45, 2.75) is 33.1 Å². The van der Waals surface area contributed by atoms with E-state index in [9.17, 15) is 22.8 Å². The maximum atomic E-state index is 13.5. The normalized spacial score (nSPS) is 18.4. The molecule has 1 aliphatic carbocycles. The molecule has 0 N–H and O–H groups in total. The van der Waals surface area contributed by atoms with Gasteiger partial charge in [0, 0.05) is 24.5 Å². The monoisotopic (exact) mass is 494 g/mol. The first-order valence-corrected chi connectivity index (χ1v) is 11.0. The van der Waals surface area contributed by atoms with Gasteiger partial charge in [0.05, 0.1) is 12.5 Å². The number of allylic oxidation sites excluding steroid dienone is 4. The lowest BCUT2D eigenvalue weighted by molar-refractivity contribution is -0.171. The van der Waals surface area contributed by atoms with Crippen LogP contribution in [-0.2, 0) is 20.1 Å². The molecule has 0 amide bonds. The molecule has 7 nitrogen and oxygen atoms in total. The van der Waals surface area contributed by atoms with Crippen molar-refractivity contribution >= 4 is 22.8 Å². The predicted molar refractivity (Wildman–Crippen MR) is 122 cm³/mol. The number of hydrogen-bond acceptors (Lipinski definition) is 4. The third kappa shape index (κ3) is 4.18. The number of rotatable bonds is 5. The Kier molecular flexibility index (Phi) is 6.20. The standard InChI is InChI=1S/C23H22ClF3N4O3/c1-4-30-20(32)18-19(29(3)22(30)33)28-21(31(18)12-14-8-10-15(24)11-9-14)34-17-7-5-6-16(13(17)2)23(25,26)27/h5-11,13,16H,4,12H2,1-3H3. The summed E-state index contributed by atoms with van der Waals surface area (Å²) in [6.07, 6.45) is -0.624. The molecule has 1 aliphatic rings. The molecule has 34 heavy (non-hydrogen) atoms. The van der Waals surface area contributed by atoms with Gasteiger partial charge in [-0.1, -0.05) is 42.8 Å². The first kappa shape index (κ1) is 23.9. The molecule has 0 radical (unpaired) electrons. The maximum absolute atomic E-state index is 13.5. The number of imidazole rings is 1. The Bertz CT molecular complexity index is 1410. The van der Waals surface area contributed by atoms with Crippen molar-refractivity contribution in [3.8, 4) is 6.01 Å². The zero-order valence-electron chi connectivity index (χ0n) is 18.6. The van der Waals surface area contributed by atoms with Gasteiger partial charge in [-0.2, -0.15) is 18.2 Å². The van der Waals surface area contributed by atoms with Crippen LogP contribution in [-0.4, -0.2) is 24.9 Å². The molecule has 2 aromatic heterocycles. The highest BCUT2D eigenvalue weighted by Gasteiger charge is 2.44. The lowest BCUT2D eigenvalue weighted by Crippen LogP contribution is -2.39. The van der Waals surface area contributed by atoms with E-state index < -0.39 is 29.3 Å². The summed E-state index contributed by atoms with van der Waals surface area (Å²) in [5.74, 6) is -2.67. The molecule has 0 saturated carbocycles. The quantitative estimate of drug-likeness (QED) is 0.531. The van der Waals surface area contributed by atoms with Crippen LogP contribution in [0.3, 0.4) is 0 Å². The van der Waals surface area contributed by atoms with E-state index in [-0.39, 0.29) is 36.0 Å². The summed E-state index contributed by atoms with van der Waals surface area (Å²) in [6, 6.07) is 6.79. The van der Waals surface area contributed by atoms with Crippen molar-refractivity contribution in [2.24, 2.45) is 18.9 Å². The van der Waals surface area contributed by atoms with E-state index in [2.05, 4.69) is 4.98 Å². The third-order valence-corrected chi connectivity index (χ3v) is 6.17. The van der Waals surface area contributed by atoms with Crippen LogP contribution in [0, 0.1) is 11.8 Å². The third-order valence-electron chi connectivity index (χ3n) is 5.92. The summed E-state index contributed by atoms with van der Waals surface area (Å²) in [5.41, 5.74) is -0.163. The van der Waals surface area contributed by atoms with Crippen molar-refractivity contribution in [2.75, 3.05) is 0 Å². The van der Waals surface area contributed by atoms with Gasteiger partial charge in [-0.15, -0.1) is 0 Å². The molecule has 4 rings (SSSR count). The molecule has 0 saturated heterocycles. The topological polar surface area (TPSA) is 71.1 Å². The molecule has 0 fully saturated rings. The first-order valence-electron chi connectivity index (χ1n) is 10.6. The molecular formula is C23H22ClF3N4O3. The second kappa shape index (κ2) is 8.83. The minimum atomic E-state index is -4.44. The Morgan fingerprint density at radius 3 is 2.44 bits per heavy atom. The van der Waals surface area contributed by atoms with E-state index in [0.29, 0.717) is 5.02 Å². The molecule has 1 aromatic carbocycles. The van der Waals surface area contributed by atoms with Crippen molar-refractivity contribution < 1.29 is 17.9 Å². The Labute approximate surface area is 197 Å². The average molecular weight is 495 g/mol. The summed E-state index contributed by atoms with van der Waals surface area (Å²) >= 11 is 5.98. The maximum Gasteiger partial charge on any atom is 0.395 e. The van der Waals surface area contributed by atoms with Crippen LogP contribution >= 0.6 is 11.6 Å². The van der Waals surface area contributed by atoms with Crippen LogP contribution in [0.2, 0.25) is 5.02 Å². The number of benzene rings is 1. The lowest BCUT2D eigenvalue weighted by Gasteiger charge is -2.27. The Balaban J connectivity index is 1.88. The van der Waals surface area contributed by atoms with Gasteiger partial charge >= 0.3 is 17.9 Å². The smallest absolute Gasteiger partial charge is 0.395 e. The SMILES string of the molecule is CCn1c(=O)c2c(nc(OC3=CC=CC(C(F)(F)F)C3C)n2Cc2ccc(Cl)cc2)n(C)c1=O. The fourth-order valence-corrected chi connectivity index (χ4v) is 4.14. The van der Waals surface area contributed by atoms with Gasteiger partial charge in [0.15, 0.2) is 11.2 Å². The van der Waals surface area contributed by atoms with Crippen molar-refractivity contribution in [3.05, 3.63) is 79.7 Å². The zero-order chi connectivity index (χ0) is 24.8. The summed E-state index contributed by atoms with van der Waals surface area (Å²) < 4.78 is 50.0. The minimum absolute atomic E-state index is 0.0540. The lowest BCUT2D eigenvalue weighted by atomic mass is 9.88. The first-order chi connectivity index (χ1) is 16.0. The summed E-state index contributed by atoms with van der Waals surface area (Å²) in [4.78, 5) is 30.2.